The van der Waals surface area contributed by atoms with E-state index in [1.807, 2.05) is 0 Å². The lowest BCUT2D eigenvalue weighted by Crippen LogP contribution is -1.92. The molecule has 0 bridgehead atoms. The van der Waals surface area contributed by atoms with E-state index < -0.39 is 0 Å². The van der Waals surface area contributed by atoms with Gasteiger partial charge in [-0.3, -0.25) is 4.79 Å². The molecule has 0 N–H and O–H groups in total. The van der Waals surface area contributed by atoms with E-state index in [1.165, 1.54) is 12.0 Å². The van der Waals surface area contributed by atoms with Gasteiger partial charge in [-0.1, -0.05) is 51.1 Å². The summed E-state index contributed by atoms with van der Waals surface area (Å²) < 4.78 is 0. The number of hydrogen-bond donors (Lipinski definition) is 0. The molecule has 0 unspecified atom stereocenters. The molecule has 84 valence electrons. The Bertz CT molecular complexity index is 267. The van der Waals surface area contributed by atoms with Gasteiger partial charge in [-0.2, -0.15) is 0 Å². The summed E-state index contributed by atoms with van der Waals surface area (Å²) in [5.41, 5.74) is 1.44. The van der Waals surface area contributed by atoms with Gasteiger partial charge in [0.25, 0.3) is 0 Å². The first-order valence-electron chi connectivity index (χ1n) is 5.28. The van der Waals surface area contributed by atoms with E-state index >= 15 is 0 Å². The van der Waals surface area contributed by atoms with Crippen LogP contribution in [0.1, 0.15) is 32.8 Å². The van der Waals surface area contributed by atoms with Crippen LogP contribution in [0.5, 0.6) is 0 Å². The SMILES string of the molecule is CC(C)Cc1ccccc1.CCC(=O)Cl. The number of carbonyl (C=O) groups excluding carboxylic acids is 1. The third-order valence-electron chi connectivity index (χ3n) is 1.76. The first-order chi connectivity index (χ1) is 7.06. The van der Waals surface area contributed by atoms with Gasteiger partial charge in [-0.05, 0) is 29.5 Å². The van der Waals surface area contributed by atoms with Gasteiger partial charge < -0.3 is 0 Å². The maximum atomic E-state index is 9.58. The van der Waals surface area contributed by atoms with Crippen molar-refractivity contribution >= 4 is 16.8 Å². The second-order valence-corrected chi connectivity index (χ2v) is 4.21. The molecule has 0 spiro atoms. The predicted octanol–water partition coefficient (Wildman–Crippen LogP) is 4.05. The summed E-state index contributed by atoms with van der Waals surface area (Å²) >= 11 is 4.82. The molecule has 1 aromatic rings. The quantitative estimate of drug-likeness (QED) is 0.711. The number of carbonyl (C=O) groups is 1. The molecule has 0 heterocycles. The molecule has 0 radical (unpaired) electrons. The summed E-state index contributed by atoms with van der Waals surface area (Å²) in [4.78, 5) is 9.58. The minimum Gasteiger partial charge on any atom is -0.281 e. The van der Waals surface area contributed by atoms with Crippen LogP contribution in [0.25, 0.3) is 0 Å². The molecule has 0 amide bonds. The second kappa shape index (κ2) is 8.49. The van der Waals surface area contributed by atoms with E-state index in [0.29, 0.717) is 6.42 Å². The Morgan fingerprint density at radius 3 is 2.07 bits per heavy atom. The molecule has 0 aromatic heterocycles. The Morgan fingerprint density at radius 1 is 1.27 bits per heavy atom. The molecule has 0 aliphatic heterocycles. The first-order valence-corrected chi connectivity index (χ1v) is 5.66. The second-order valence-electron chi connectivity index (χ2n) is 3.79. The Labute approximate surface area is 97.5 Å². The van der Waals surface area contributed by atoms with Crippen LogP contribution in [0.4, 0.5) is 0 Å². The molecule has 15 heavy (non-hydrogen) atoms. The molecule has 0 aliphatic rings. The maximum absolute atomic E-state index is 9.58. The van der Waals surface area contributed by atoms with Crippen LogP contribution in [0.15, 0.2) is 30.3 Å². The lowest BCUT2D eigenvalue weighted by Gasteiger charge is -2.02. The van der Waals surface area contributed by atoms with Gasteiger partial charge in [0.1, 0.15) is 0 Å². The highest BCUT2D eigenvalue weighted by Crippen LogP contribution is 2.05. The summed E-state index contributed by atoms with van der Waals surface area (Å²) in [6.07, 6.45) is 1.63. The first kappa shape index (κ1) is 14.2. The largest absolute Gasteiger partial charge is 0.281 e. The van der Waals surface area contributed by atoms with Crippen molar-refractivity contribution in [2.75, 3.05) is 0 Å². The van der Waals surface area contributed by atoms with Crippen molar-refractivity contribution in [3.05, 3.63) is 35.9 Å². The van der Waals surface area contributed by atoms with Crippen molar-refractivity contribution in [1.29, 1.82) is 0 Å². The van der Waals surface area contributed by atoms with Gasteiger partial charge >= 0.3 is 0 Å². The van der Waals surface area contributed by atoms with Gasteiger partial charge in [-0.15, -0.1) is 0 Å². The third kappa shape index (κ3) is 9.48. The highest BCUT2D eigenvalue weighted by atomic mass is 35.5. The summed E-state index contributed by atoms with van der Waals surface area (Å²) in [5.74, 6) is 0.766. The lowest BCUT2D eigenvalue weighted by atomic mass is 10.0. The molecule has 2 heteroatoms. The van der Waals surface area contributed by atoms with Crippen molar-refractivity contribution in [3.8, 4) is 0 Å². The minimum absolute atomic E-state index is 0.273. The molecule has 0 saturated carbocycles. The molecule has 0 fully saturated rings. The van der Waals surface area contributed by atoms with Gasteiger partial charge in [0.15, 0.2) is 0 Å². The standard InChI is InChI=1S/C10H14.C3H5ClO/c1-9(2)8-10-6-4-3-5-7-10;1-2-3(4)5/h3-7,9H,8H2,1-2H3;2H2,1H3. The average Bonchev–Trinajstić information content (AvgIpc) is 2.19. The molecule has 0 atom stereocenters. The van der Waals surface area contributed by atoms with Crippen molar-refractivity contribution in [3.63, 3.8) is 0 Å². The topological polar surface area (TPSA) is 17.1 Å². The van der Waals surface area contributed by atoms with Crippen LogP contribution in [-0.2, 0) is 11.2 Å². The summed E-state index contributed by atoms with van der Waals surface area (Å²) in [6.45, 7) is 6.20. The summed E-state index contributed by atoms with van der Waals surface area (Å²) in [7, 11) is 0. The van der Waals surface area contributed by atoms with Crippen molar-refractivity contribution in [1.82, 2.24) is 0 Å². The van der Waals surface area contributed by atoms with E-state index in [-0.39, 0.29) is 5.24 Å². The van der Waals surface area contributed by atoms with Crippen molar-refractivity contribution in [2.24, 2.45) is 5.92 Å². The molecule has 1 nitrogen and oxygen atoms in total. The normalized spacial score (nSPS) is 9.40. The monoisotopic (exact) mass is 226 g/mol. The Kier molecular flexibility index (Phi) is 8.02. The van der Waals surface area contributed by atoms with E-state index in [0.717, 1.165) is 5.92 Å². The van der Waals surface area contributed by atoms with Crippen LogP contribution in [0.2, 0.25) is 0 Å². The van der Waals surface area contributed by atoms with E-state index in [2.05, 4.69) is 44.2 Å². The third-order valence-corrected chi connectivity index (χ3v) is 2.03. The molecule has 1 rings (SSSR count). The predicted molar refractivity (Wildman–Crippen MR) is 66.1 cm³/mol. The fourth-order valence-corrected chi connectivity index (χ4v) is 1.09. The zero-order valence-corrected chi connectivity index (χ0v) is 10.4. The Morgan fingerprint density at radius 2 is 1.73 bits per heavy atom. The molecular weight excluding hydrogens is 208 g/mol. The van der Waals surface area contributed by atoms with Crippen LogP contribution in [0, 0.1) is 5.92 Å². The highest BCUT2D eigenvalue weighted by molar-refractivity contribution is 6.63. The van der Waals surface area contributed by atoms with Gasteiger partial charge in [0, 0.05) is 6.42 Å². The Hall–Kier alpha value is -0.820. The van der Waals surface area contributed by atoms with Gasteiger partial charge in [-0.25, -0.2) is 0 Å². The zero-order chi connectivity index (χ0) is 11.7. The lowest BCUT2D eigenvalue weighted by molar-refractivity contribution is -0.111. The highest BCUT2D eigenvalue weighted by Gasteiger charge is 1.94. The molecular formula is C13H19ClO. The summed E-state index contributed by atoms with van der Waals surface area (Å²) in [6, 6.07) is 10.6. The van der Waals surface area contributed by atoms with E-state index in [1.54, 1.807) is 6.92 Å². The van der Waals surface area contributed by atoms with Crippen LogP contribution < -0.4 is 0 Å². The average molecular weight is 227 g/mol. The van der Waals surface area contributed by atoms with Crippen LogP contribution in [-0.4, -0.2) is 5.24 Å². The summed E-state index contributed by atoms with van der Waals surface area (Å²) in [5, 5.41) is -0.273. The number of rotatable bonds is 3. The van der Waals surface area contributed by atoms with E-state index in [4.69, 9.17) is 11.6 Å². The number of hydrogen-bond acceptors (Lipinski definition) is 1. The molecule has 1 aromatic carbocycles. The van der Waals surface area contributed by atoms with Gasteiger partial charge in [0.2, 0.25) is 5.24 Å². The maximum Gasteiger partial charge on any atom is 0.221 e. The van der Waals surface area contributed by atoms with Crippen LogP contribution >= 0.6 is 11.6 Å². The Balaban J connectivity index is 0.000000336. The zero-order valence-electron chi connectivity index (χ0n) is 9.66. The fourth-order valence-electron chi connectivity index (χ4n) is 1.09. The molecule has 0 aliphatic carbocycles. The van der Waals surface area contributed by atoms with E-state index in [9.17, 15) is 4.79 Å². The number of halogens is 1. The molecule has 0 saturated heterocycles. The van der Waals surface area contributed by atoms with Gasteiger partial charge in [0.05, 0.1) is 0 Å². The van der Waals surface area contributed by atoms with Crippen LogP contribution in [0.3, 0.4) is 0 Å². The minimum atomic E-state index is -0.273. The smallest absolute Gasteiger partial charge is 0.221 e. The fraction of sp³-hybridized carbons (Fsp3) is 0.462. The van der Waals surface area contributed by atoms with Crippen molar-refractivity contribution in [2.45, 2.75) is 33.6 Å². The number of benzene rings is 1. The van der Waals surface area contributed by atoms with Crippen molar-refractivity contribution < 1.29 is 4.79 Å².